The lowest BCUT2D eigenvalue weighted by atomic mass is 10.0. The second-order valence-corrected chi connectivity index (χ2v) is 3.55. The van der Waals surface area contributed by atoms with Gasteiger partial charge in [-0.15, -0.1) is 0 Å². The molecule has 78 valence electrons. The van der Waals surface area contributed by atoms with Crippen LogP contribution in [0.15, 0.2) is 5.16 Å². The Balaban J connectivity index is 3.61. The zero-order valence-corrected chi connectivity index (χ0v) is 8.75. The molecule has 0 rings (SSSR count). The first kappa shape index (κ1) is 12.2. The molecule has 0 bridgehead atoms. The maximum Gasteiger partial charge on any atom is 0.140 e. The Bertz CT molecular complexity index is 157. The summed E-state index contributed by atoms with van der Waals surface area (Å²) in [5.41, 5.74) is 5.34. The van der Waals surface area contributed by atoms with Crippen LogP contribution in [0.5, 0.6) is 0 Å². The van der Waals surface area contributed by atoms with Gasteiger partial charge in [-0.25, -0.2) is 0 Å². The summed E-state index contributed by atoms with van der Waals surface area (Å²) in [5.74, 6) is 0.906. The second-order valence-electron chi connectivity index (χ2n) is 3.55. The van der Waals surface area contributed by atoms with Crippen LogP contribution in [0.2, 0.25) is 0 Å². The number of oxime groups is 1. The van der Waals surface area contributed by atoms with E-state index in [9.17, 15) is 0 Å². The van der Waals surface area contributed by atoms with Gasteiger partial charge in [0.25, 0.3) is 0 Å². The first-order valence-corrected chi connectivity index (χ1v) is 4.81. The summed E-state index contributed by atoms with van der Waals surface area (Å²) in [4.78, 5) is 0. The third-order valence-electron chi connectivity index (χ3n) is 2.16. The number of nitrogens with two attached hydrogens (primary N) is 1. The highest BCUT2D eigenvalue weighted by Crippen LogP contribution is 2.04. The predicted octanol–water partition coefficient (Wildman–Crippen LogP) is 1.15. The van der Waals surface area contributed by atoms with Crippen LogP contribution in [0.25, 0.3) is 0 Å². The van der Waals surface area contributed by atoms with Gasteiger partial charge in [-0.2, -0.15) is 0 Å². The van der Waals surface area contributed by atoms with E-state index in [4.69, 9.17) is 10.9 Å². The van der Waals surface area contributed by atoms with Crippen LogP contribution in [-0.2, 0) is 0 Å². The fourth-order valence-corrected chi connectivity index (χ4v) is 1.29. The van der Waals surface area contributed by atoms with Gasteiger partial charge in [0.05, 0.1) is 0 Å². The van der Waals surface area contributed by atoms with Crippen molar-refractivity contribution in [2.75, 3.05) is 6.54 Å². The Labute approximate surface area is 80.2 Å². The van der Waals surface area contributed by atoms with Gasteiger partial charge in [0.2, 0.25) is 0 Å². The molecule has 0 amide bonds. The van der Waals surface area contributed by atoms with Gasteiger partial charge < -0.3 is 16.3 Å². The lowest BCUT2D eigenvalue weighted by molar-refractivity contribution is 0.316. The molecular formula is C9H21N3O. The first-order valence-electron chi connectivity index (χ1n) is 4.81. The molecule has 1 unspecified atom stereocenters. The van der Waals surface area contributed by atoms with Gasteiger partial charge in [-0.05, 0) is 12.3 Å². The molecule has 0 heterocycles. The number of nitrogens with one attached hydrogen (secondary N) is 1. The normalized spacial score (nSPS) is 14.9. The monoisotopic (exact) mass is 187 g/mol. The average molecular weight is 187 g/mol. The lowest BCUT2D eigenvalue weighted by Crippen LogP contribution is -2.35. The zero-order chi connectivity index (χ0) is 10.3. The number of nitrogens with zero attached hydrogens (tertiary/aromatic N) is 1. The summed E-state index contributed by atoms with van der Waals surface area (Å²) in [7, 11) is 0. The van der Waals surface area contributed by atoms with Gasteiger partial charge in [0.15, 0.2) is 0 Å². The summed E-state index contributed by atoms with van der Waals surface area (Å²) >= 11 is 0. The number of rotatable bonds is 6. The first-order chi connectivity index (χ1) is 6.11. The van der Waals surface area contributed by atoms with Crippen molar-refractivity contribution in [3.05, 3.63) is 0 Å². The maximum absolute atomic E-state index is 8.30. The van der Waals surface area contributed by atoms with E-state index < -0.39 is 0 Å². The van der Waals surface area contributed by atoms with Gasteiger partial charge >= 0.3 is 0 Å². The van der Waals surface area contributed by atoms with E-state index in [0.717, 1.165) is 13.0 Å². The Morgan fingerprint density at radius 1 is 1.54 bits per heavy atom. The molecule has 0 aromatic rings. The highest BCUT2D eigenvalue weighted by molar-refractivity contribution is 5.79. The average Bonchev–Trinajstić information content (AvgIpc) is 2.11. The molecule has 0 aliphatic rings. The molecule has 4 N–H and O–H groups in total. The quantitative estimate of drug-likeness (QED) is 0.253. The summed E-state index contributed by atoms with van der Waals surface area (Å²) in [5, 5.41) is 14.6. The maximum atomic E-state index is 8.30. The molecule has 0 aliphatic heterocycles. The van der Waals surface area contributed by atoms with Gasteiger partial charge in [-0.1, -0.05) is 25.9 Å². The fraction of sp³-hybridized carbons (Fsp3) is 0.889. The number of hydrogen-bond acceptors (Lipinski definition) is 3. The fourth-order valence-electron chi connectivity index (χ4n) is 1.29. The van der Waals surface area contributed by atoms with E-state index >= 15 is 0 Å². The molecule has 13 heavy (non-hydrogen) atoms. The second kappa shape index (κ2) is 6.71. The largest absolute Gasteiger partial charge is 0.409 e. The van der Waals surface area contributed by atoms with Crippen molar-refractivity contribution in [3.63, 3.8) is 0 Å². The molecule has 0 saturated heterocycles. The van der Waals surface area contributed by atoms with Crippen molar-refractivity contribution >= 4 is 5.84 Å². The molecular weight excluding hydrogens is 166 g/mol. The summed E-state index contributed by atoms with van der Waals surface area (Å²) in [6.07, 6.45) is 1.70. The molecule has 0 saturated carbocycles. The van der Waals surface area contributed by atoms with Crippen LogP contribution >= 0.6 is 0 Å². The smallest absolute Gasteiger partial charge is 0.140 e. The van der Waals surface area contributed by atoms with Crippen LogP contribution in [0.3, 0.4) is 0 Å². The summed E-state index contributed by atoms with van der Waals surface area (Å²) in [6.45, 7) is 7.29. The van der Waals surface area contributed by atoms with Gasteiger partial charge in [0, 0.05) is 19.0 Å². The number of amidine groups is 1. The molecule has 0 fully saturated rings. The van der Waals surface area contributed by atoms with Crippen molar-refractivity contribution in [1.29, 1.82) is 0 Å². The minimum Gasteiger partial charge on any atom is -0.409 e. The molecule has 0 aromatic heterocycles. The van der Waals surface area contributed by atoms with E-state index in [1.807, 2.05) is 0 Å². The van der Waals surface area contributed by atoms with E-state index in [1.54, 1.807) is 0 Å². The zero-order valence-electron chi connectivity index (χ0n) is 8.75. The molecule has 4 nitrogen and oxygen atoms in total. The SMILES string of the molecule is CCC(NCCC(N)=NO)C(C)C. The predicted molar refractivity (Wildman–Crippen MR) is 54.9 cm³/mol. The molecule has 0 radical (unpaired) electrons. The Kier molecular flexibility index (Phi) is 6.32. The highest BCUT2D eigenvalue weighted by Gasteiger charge is 2.09. The standard InChI is InChI=1S/C9H21N3O/c1-4-8(7(2)3)11-6-5-9(10)12-13/h7-8,11,13H,4-6H2,1-3H3,(H2,10,12). The Morgan fingerprint density at radius 3 is 2.54 bits per heavy atom. The van der Waals surface area contributed by atoms with E-state index in [0.29, 0.717) is 18.4 Å². The van der Waals surface area contributed by atoms with Crippen LogP contribution in [0.4, 0.5) is 0 Å². The van der Waals surface area contributed by atoms with E-state index in [2.05, 4.69) is 31.2 Å². The van der Waals surface area contributed by atoms with Crippen LogP contribution < -0.4 is 11.1 Å². The topological polar surface area (TPSA) is 70.6 Å². The minimum atomic E-state index is 0.283. The molecule has 1 atom stereocenters. The molecule has 0 spiro atoms. The van der Waals surface area contributed by atoms with Crippen LogP contribution in [-0.4, -0.2) is 23.6 Å². The Morgan fingerprint density at radius 2 is 2.15 bits per heavy atom. The number of hydrogen-bond donors (Lipinski definition) is 3. The molecule has 4 heteroatoms. The Hall–Kier alpha value is -0.770. The van der Waals surface area contributed by atoms with Crippen molar-refractivity contribution < 1.29 is 5.21 Å². The van der Waals surface area contributed by atoms with Gasteiger partial charge in [0.1, 0.15) is 5.84 Å². The van der Waals surface area contributed by atoms with Crippen LogP contribution in [0, 0.1) is 5.92 Å². The van der Waals surface area contributed by atoms with E-state index in [1.165, 1.54) is 0 Å². The minimum absolute atomic E-state index is 0.283. The van der Waals surface area contributed by atoms with Crippen molar-refractivity contribution in [2.45, 2.75) is 39.7 Å². The third kappa shape index (κ3) is 5.47. The van der Waals surface area contributed by atoms with E-state index in [-0.39, 0.29) is 5.84 Å². The summed E-state index contributed by atoms with van der Waals surface area (Å²) in [6, 6.07) is 0.520. The third-order valence-corrected chi connectivity index (χ3v) is 2.16. The van der Waals surface area contributed by atoms with Crippen molar-refractivity contribution in [1.82, 2.24) is 5.32 Å². The van der Waals surface area contributed by atoms with Crippen LogP contribution in [0.1, 0.15) is 33.6 Å². The summed E-state index contributed by atoms with van der Waals surface area (Å²) < 4.78 is 0. The highest BCUT2D eigenvalue weighted by atomic mass is 16.4. The molecule has 0 aromatic carbocycles. The van der Waals surface area contributed by atoms with Crippen molar-refractivity contribution in [3.8, 4) is 0 Å². The lowest BCUT2D eigenvalue weighted by Gasteiger charge is -2.20. The van der Waals surface area contributed by atoms with Crippen molar-refractivity contribution in [2.24, 2.45) is 16.8 Å². The molecule has 0 aliphatic carbocycles. The van der Waals surface area contributed by atoms with Gasteiger partial charge in [-0.3, -0.25) is 0 Å².